The minimum atomic E-state index is -0.358. The number of benzene rings is 2. The van der Waals surface area contributed by atoms with E-state index in [4.69, 9.17) is 4.74 Å². The molecule has 0 atom stereocenters. The number of rotatable bonds is 4. The Morgan fingerprint density at radius 2 is 1.59 bits per heavy atom. The summed E-state index contributed by atoms with van der Waals surface area (Å²) in [5.74, 6) is -0.358. The normalized spacial score (nSPS) is 17.1. The van der Waals surface area contributed by atoms with Crippen molar-refractivity contribution in [3.63, 3.8) is 0 Å². The van der Waals surface area contributed by atoms with Crippen LogP contribution in [0.2, 0.25) is 0 Å². The van der Waals surface area contributed by atoms with Crippen molar-refractivity contribution in [1.29, 1.82) is 0 Å². The molecule has 0 fully saturated rings. The van der Waals surface area contributed by atoms with Crippen molar-refractivity contribution in [1.82, 2.24) is 0 Å². The summed E-state index contributed by atoms with van der Waals surface area (Å²) in [5, 5.41) is 0. The maximum Gasteiger partial charge on any atom is 0.338 e. The maximum atomic E-state index is 12.0. The molecular formula is C25H30O2. The lowest BCUT2D eigenvalue weighted by Gasteiger charge is -2.42. The van der Waals surface area contributed by atoms with Gasteiger partial charge in [-0.3, -0.25) is 0 Å². The third-order valence-electron chi connectivity index (χ3n) is 5.92. The molecule has 142 valence electrons. The van der Waals surface area contributed by atoms with Crippen molar-refractivity contribution in [3.05, 3.63) is 65.7 Å². The van der Waals surface area contributed by atoms with Gasteiger partial charge in [0.05, 0.1) is 12.2 Å². The molecule has 0 bridgehead atoms. The molecular weight excluding hydrogens is 332 g/mol. The molecule has 0 unspecified atom stereocenters. The first-order chi connectivity index (χ1) is 12.7. The van der Waals surface area contributed by atoms with E-state index in [0.29, 0.717) is 12.2 Å². The zero-order valence-corrected chi connectivity index (χ0v) is 17.2. The Hall–Kier alpha value is -2.35. The predicted octanol–water partition coefficient (Wildman–Crippen LogP) is 6.28. The molecule has 0 amide bonds. The molecule has 0 aliphatic heterocycles. The molecule has 2 heteroatoms. The summed E-state index contributed by atoms with van der Waals surface area (Å²) in [7, 11) is 0. The SMILES string of the molecule is C=C(C(=O)OCC)c1cccc(-c2ccc3c(c2)C(C)(C)CCC3(C)C)c1. The van der Waals surface area contributed by atoms with Crippen LogP contribution < -0.4 is 0 Å². The van der Waals surface area contributed by atoms with Crippen LogP contribution in [0.4, 0.5) is 0 Å². The fourth-order valence-corrected chi connectivity index (χ4v) is 3.99. The van der Waals surface area contributed by atoms with E-state index in [1.165, 1.54) is 29.5 Å². The van der Waals surface area contributed by atoms with Crippen molar-refractivity contribution >= 4 is 11.5 Å². The van der Waals surface area contributed by atoms with Gasteiger partial charge in [0.15, 0.2) is 0 Å². The quantitative estimate of drug-likeness (QED) is 0.473. The van der Waals surface area contributed by atoms with Gasteiger partial charge >= 0.3 is 5.97 Å². The Balaban J connectivity index is 2.02. The fourth-order valence-electron chi connectivity index (χ4n) is 3.99. The Morgan fingerprint density at radius 3 is 2.26 bits per heavy atom. The topological polar surface area (TPSA) is 26.3 Å². The lowest BCUT2D eigenvalue weighted by molar-refractivity contribution is -0.136. The first-order valence-corrected chi connectivity index (χ1v) is 9.77. The van der Waals surface area contributed by atoms with Gasteiger partial charge < -0.3 is 4.74 Å². The van der Waals surface area contributed by atoms with Crippen LogP contribution in [0.15, 0.2) is 49.0 Å². The Bertz CT molecular complexity index is 887. The van der Waals surface area contributed by atoms with Gasteiger partial charge in [-0.1, -0.05) is 70.7 Å². The second-order valence-corrected chi connectivity index (χ2v) is 8.81. The summed E-state index contributed by atoms with van der Waals surface area (Å²) < 4.78 is 5.09. The molecule has 0 spiro atoms. The summed E-state index contributed by atoms with van der Waals surface area (Å²) in [6, 6.07) is 14.8. The average molecular weight is 363 g/mol. The Morgan fingerprint density at radius 1 is 0.963 bits per heavy atom. The second kappa shape index (κ2) is 6.99. The van der Waals surface area contributed by atoms with Crippen LogP contribution in [-0.2, 0) is 20.4 Å². The highest BCUT2D eigenvalue weighted by Gasteiger charge is 2.36. The molecule has 0 aromatic heterocycles. The van der Waals surface area contributed by atoms with Crippen LogP contribution >= 0.6 is 0 Å². The third-order valence-corrected chi connectivity index (χ3v) is 5.92. The third kappa shape index (κ3) is 3.71. The zero-order chi connectivity index (χ0) is 19.8. The molecule has 3 rings (SSSR count). The number of ether oxygens (including phenoxy) is 1. The Kier molecular flexibility index (Phi) is 5.03. The summed E-state index contributed by atoms with van der Waals surface area (Å²) in [6.45, 7) is 15.4. The van der Waals surface area contributed by atoms with Crippen LogP contribution in [0.3, 0.4) is 0 Å². The molecule has 2 nitrogen and oxygen atoms in total. The monoisotopic (exact) mass is 362 g/mol. The molecule has 2 aromatic carbocycles. The molecule has 0 N–H and O–H groups in total. The van der Waals surface area contributed by atoms with Gasteiger partial charge in [-0.2, -0.15) is 0 Å². The summed E-state index contributed by atoms with van der Waals surface area (Å²) in [6.07, 6.45) is 2.40. The van der Waals surface area contributed by atoms with Gasteiger partial charge in [-0.15, -0.1) is 0 Å². The van der Waals surface area contributed by atoms with Gasteiger partial charge in [0.2, 0.25) is 0 Å². The van der Waals surface area contributed by atoms with Gasteiger partial charge in [-0.25, -0.2) is 4.79 Å². The second-order valence-electron chi connectivity index (χ2n) is 8.81. The minimum absolute atomic E-state index is 0.174. The number of hydrogen-bond donors (Lipinski definition) is 0. The lowest BCUT2D eigenvalue weighted by Crippen LogP contribution is -2.33. The van der Waals surface area contributed by atoms with Crippen molar-refractivity contribution in [2.24, 2.45) is 0 Å². The Labute approximate surface area is 163 Å². The highest BCUT2D eigenvalue weighted by Crippen LogP contribution is 2.46. The number of hydrogen-bond acceptors (Lipinski definition) is 2. The van der Waals surface area contributed by atoms with Crippen LogP contribution in [0.1, 0.15) is 64.2 Å². The van der Waals surface area contributed by atoms with E-state index in [1.54, 1.807) is 6.92 Å². The molecule has 0 radical (unpaired) electrons. The fraction of sp³-hybridized carbons (Fsp3) is 0.400. The molecule has 0 heterocycles. The van der Waals surface area contributed by atoms with E-state index in [0.717, 1.165) is 11.1 Å². The van der Waals surface area contributed by atoms with Crippen molar-refractivity contribution in [2.45, 2.75) is 58.3 Å². The van der Waals surface area contributed by atoms with Gasteiger partial charge in [-0.05, 0) is 64.5 Å². The van der Waals surface area contributed by atoms with E-state index in [1.807, 2.05) is 18.2 Å². The van der Waals surface area contributed by atoms with E-state index in [9.17, 15) is 4.79 Å². The number of carbonyl (C=O) groups excluding carboxylic acids is 1. The van der Waals surface area contributed by atoms with Crippen LogP contribution in [0.5, 0.6) is 0 Å². The van der Waals surface area contributed by atoms with E-state index < -0.39 is 0 Å². The minimum Gasteiger partial charge on any atom is -0.462 e. The maximum absolute atomic E-state index is 12.0. The average Bonchev–Trinajstić information content (AvgIpc) is 2.65. The van der Waals surface area contributed by atoms with Crippen LogP contribution in [0.25, 0.3) is 16.7 Å². The molecule has 1 aliphatic carbocycles. The van der Waals surface area contributed by atoms with E-state index >= 15 is 0 Å². The molecule has 0 saturated carbocycles. The van der Waals surface area contributed by atoms with Gasteiger partial charge in [0, 0.05) is 0 Å². The predicted molar refractivity (Wildman–Crippen MR) is 113 cm³/mol. The standard InChI is InChI=1S/C25H30O2/c1-7-27-23(26)17(2)18-9-8-10-19(15-18)20-11-12-21-22(16-20)25(5,6)14-13-24(21,3)4/h8-12,15-16H,2,7,13-14H2,1,3-6H3. The lowest BCUT2D eigenvalue weighted by atomic mass is 9.63. The summed E-state index contributed by atoms with van der Waals surface area (Å²) in [4.78, 5) is 12.0. The first-order valence-electron chi connectivity index (χ1n) is 9.77. The van der Waals surface area contributed by atoms with Crippen LogP contribution in [-0.4, -0.2) is 12.6 Å². The molecule has 2 aromatic rings. The molecule has 0 saturated heterocycles. The first kappa shape index (κ1) is 19.4. The van der Waals surface area contributed by atoms with Gasteiger partial charge in [0.25, 0.3) is 0 Å². The zero-order valence-electron chi connectivity index (χ0n) is 17.2. The van der Waals surface area contributed by atoms with Crippen molar-refractivity contribution in [2.75, 3.05) is 6.61 Å². The van der Waals surface area contributed by atoms with E-state index in [2.05, 4.69) is 58.5 Å². The van der Waals surface area contributed by atoms with Gasteiger partial charge in [0.1, 0.15) is 0 Å². The highest BCUT2D eigenvalue weighted by atomic mass is 16.5. The molecule has 27 heavy (non-hydrogen) atoms. The smallest absolute Gasteiger partial charge is 0.338 e. The highest BCUT2D eigenvalue weighted by molar-refractivity contribution is 6.15. The van der Waals surface area contributed by atoms with Crippen molar-refractivity contribution in [3.8, 4) is 11.1 Å². The number of fused-ring (bicyclic) bond motifs is 1. The van der Waals surface area contributed by atoms with Crippen molar-refractivity contribution < 1.29 is 9.53 Å². The van der Waals surface area contributed by atoms with E-state index in [-0.39, 0.29) is 16.8 Å². The molecule has 1 aliphatic rings. The summed E-state index contributed by atoms with van der Waals surface area (Å²) >= 11 is 0. The van der Waals surface area contributed by atoms with Crippen LogP contribution in [0, 0.1) is 0 Å². The largest absolute Gasteiger partial charge is 0.462 e. The number of esters is 1. The number of carbonyl (C=O) groups is 1. The summed E-state index contributed by atoms with van der Waals surface area (Å²) in [5.41, 5.74) is 6.76.